The van der Waals surface area contributed by atoms with E-state index >= 15 is 0 Å². The highest BCUT2D eigenvalue weighted by Gasteiger charge is 2.22. The Morgan fingerprint density at radius 1 is 1.22 bits per heavy atom. The van der Waals surface area contributed by atoms with Crippen molar-refractivity contribution in [3.8, 4) is 0 Å². The maximum atomic E-state index is 12.2. The summed E-state index contributed by atoms with van der Waals surface area (Å²) in [6, 6.07) is 5.98. The molecular weight excluding hydrogens is 410 g/mol. The Labute approximate surface area is 170 Å². The minimum absolute atomic E-state index is 0.0824. The molecule has 0 radical (unpaired) electrons. The van der Waals surface area contributed by atoms with Gasteiger partial charge < -0.3 is 10.6 Å². The first-order valence-corrected chi connectivity index (χ1v) is 12.0. The predicted octanol–water partition coefficient (Wildman–Crippen LogP) is 2.24. The number of benzene rings is 1. The third-order valence-corrected chi connectivity index (χ3v) is 5.94. The molecule has 7 nitrogen and oxygen atoms in total. The molecule has 27 heavy (non-hydrogen) atoms. The number of nitrogens with one attached hydrogen (secondary N) is 3. The van der Waals surface area contributed by atoms with Gasteiger partial charge in [-0.3, -0.25) is 9.59 Å². The molecule has 0 aromatic heterocycles. The van der Waals surface area contributed by atoms with Gasteiger partial charge in [-0.2, -0.15) is 11.8 Å². The van der Waals surface area contributed by atoms with Crippen molar-refractivity contribution in [2.24, 2.45) is 0 Å². The molecule has 1 unspecified atom stereocenters. The quantitative estimate of drug-likeness (QED) is 0.437. The lowest BCUT2D eigenvalue weighted by atomic mass is 10.2. The Bertz CT molecular complexity index is 711. The Kier molecular flexibility index (Phi) is 10.8. The number of anilines is 1. The Hall–Kier alpha value is -1.29. The maximum Gasteiger partial charge on any atom is 0.238 e. The molecule has 0 aliphatic heterocycles. The first-order chi connectivity index (χ1) is 12.8. The fraction of sp³-hybridized carbons (Fsp3) is 0.529. The minimum atomic E-state index is -3.47. The SMILES string of the molecule is CCS(=O)(=O)NC(CCSC)C(=O)NCCCC(=O)Nc1ccc(Cl)cc1. The highest BCUT2D eigenvalue weighted by atomic mass is 35.5. The highest BCUT2D eigenvalue weighted by Crippen LogP contribution is 2.13. The second kappa shape index (κ2) is 12.2. The molecule has 152 valence electrons. The van der Waals surface area contributed by atoms with Gasteiger partial charge in [0.2, 0.25) is 21.8 Å². The predicted molar refractivity (Wildman–Crippen MR) is 112 cm³/mol. The summed E-state index contributed by atoms with van der Waals surface area (Å²) >= 11 is 7.33. The van der Waals surface area contributed by atoms with Crippen molar-refractivity contribution in [3.63, 3.8) is 0 Å². The van der Waals surface area contributed by atoms with E-state index in [1.165, 1.54) is 18.7 Å². The zero-order valence-electron chi connectivity index (χ0n) is 15.5. The van der Waals surface area contributed by atoms with E-state index < -0.39 is 16.1 Å². The number of amides is 2. The van der Waals surface area contributed by atoms with Crippen LogP contribution in [0.3, 0.4) is 0 Å². The second-order valence-corrected chi connectivity index (χ2v) is 9.27. The van der Waals surface area contributed by atoms with Crippen molar-refractivity contribution < 1.29 is 18.0 Å². The Morgan fingerprint density at radius 2 is 1.89 bits per heavy atom. The zero-order chi connectivity index (χ0) is 20.3. The van der Waals surface area contributed by atoms with Crippen molar-refractivity contribution >= 4 is 50.9 Å². The maximum absolute atomic E-state index is 12.2. The van der Waals surface area contributed by atoms with E-state index in [2.05, 4.69) is 15.4 Å². The number of hydrogen-bond donors (Lipinski definition) is 3. The van der Waals surface area contributed by atoms with E-state index in [9.17, 15) is 18.0 Å². The number of carbonyl (C=O) groups excluding carboxylic acids is 2. The molecule has 1 aromatic carbocycles. The first-order valence-electron chi connectivity index (χ1n) is 8.59. The normalized spacial score (nSPS) is 12.4. The number of rotatable bonds is 12. The molecule has 0 aliphatic carbocycles. The summed E-state index contributed by atoms with van der Waals surface area (Å²) in [6.07, 6.45) is 2.98. The van der Waals surface area contributed by atoms with Crippen molar-refractivity contribution in [1.29, 1.82) is 0 Å². The Morgan fingerprint density at radius 3 is 2.48 bits per heavy atom. The number of thioether (sulfide) groups is 1. The van der Waals surface area contributed by atoms with Crippen LogP contribution in [0.5, 0.6) is 0 Å². The minimum Gasteiger partial charge on any atom is -0.355 e. The van der Waals surface area contributed by atoms with Crippen molar-refractivity contribution in [1.82, 2.24) is 10.0 Å². The number of carbonyl (C=O) groups is 2. The fourth-order valence-corrected chi connectivity index (χ4v) is 3.54. The average Bonchev–Trinajstić information content (AvgIpc) is 2.64. The van der Waals surface area contributed by atoms with Crippen LogP contribution in [0.4, 0.5) is 5.69 Å². The van der Waals surface area contributed by atoms with E-state index in [0.717, 1.165) is 0 Å². The molecule has 10 heteroatoms. The van der Waals surface area contributed by atoms with Crippen molar-refractivity contribution in [2.45, 2.75) is 32.2 Å². The molecule has 1 atom stereocenters. The molecule has 0 heterocycles. The molecule has 0 spiro atoms. The lowest BCUT2D eigenvalue weighted by molar-refractivity contribution is -0.123. The van der Waals surface area contributed by atoms with Crippen LogP contribution in [0.1, 0.15) is 26.2 Å². The summed E-state index contributed by atoms with van der Waals surface area (Å²) < 4.78 is 25.9. The van der Waals surface area contributed by atoms with E-state index in [1.54, 1.807) is 24.3 Å². The van der Waals surface area contributed by atoms with E-state index in [-0.39, 0.29) is 30.5 Å². The summed E-state index contributed by atoms with van der Waals surface area (Å²) in [5.41, 5.74) is 0.652. The summed E-state index contributed by atoms with van der Waals surface area (Å²) in [5, 5.41) is 6.02. The standard InChI is InChI=1S/C17H26ClN3O4S2/c1-3-27(24,25)21-15(10-12-26-2)17(23)19-11-4-5-16(22)20-14-8-6-13(18)7-9-14/h6-9,15,21H,3-5,10-12H2,1-2H3,(H,19,23)(H,20,22). The molecule has 0 saturated heterocycles. The summed E-state index contributed by atoms with van der Waals surface area (Å²) in [7, 11) is -3.47. The number of sulfonamides is 1. The summed E-state index contributed by atoms with van der Waals surface area (Å²) in [4.78, 5) is 24.1. The highest BCUT2D eigenvalue weighted by molar-refractivity contribution is 7.98. The molecule has 1 aromatic rings. The van der Waals surface area contributed by atoms with Crippen LogP contribution in [-0.2, 0) is 19.6 Å². The van der Waals surface area contributed by atoms with Crippen LogP contribution in [-0.4, -0.2) is 50.6 Å². The van der Waals surface area contributed by atoms with Crippen LogP contribution >= 0.6 is 23.4 Å². The van der Waals surface area contributed by atoms with Gasteiger partial charge >= 0.3 is 0 Å². The van der Waals surface area contributed by atoms with E-state index in [4.69, 9.17) is 11.6 Å². The third-order valence-electron chi connectivity index (χ3n) is 3.64. The number of hydrogen-bond acceptors (Lipinski definition) is 5. The molecule has 0 aliphatic rings. The van der Waals surface area contributed by atoms with Crippen molar-refractivity contribution in [3.05, 3.63) is 29.3 Å². The molecule has 0 fully saturated rings. The van der Waals surface area contributed by atoms with Gasteiger partial charge in [0.25, 0.3) is 0 Å². The summed E-state index contributed by atoms with van der Waals surface area (Å²) in [6.45, 7) is 1.81. The third kappa shape index (κ3) is 9.99. The van der Waals surface area contributed by atoms with Crippen LogP contribution < -0.4 is 15.4 Å². The molecule has 0 bridgehead atoms. The molecular formula is C17H26ClN3O4S2. The fourth-order valence-electron chi connectivity index (χ4n) is 2.12. The first kappa shape index (κ1) is 23.7. The van der Waals surface area contributed by atoms with Gasteiger partial charge in [0.05, 0.1) is 5.75 Å². The van der Waals surface area contributed by atoms with Gasteiger partial charge in [0.15, 0.2) is 0 Å². The monoisotopic (exact) mass is 435 g/mol. The second-order valence-electron chi connectivity index (χ2n) is 5.80. The smallest absolute Gasteiger partial charge is 0.238 e. The molecule has 1 rings (SSSR count). The number of halogens is 1. The molecule has 3 N–H and O–H groups in total. The summed E-state index contributed by atoms with van der Waals surface area (Å²) in [5.74, 6) is 0.0331. The van der Waals surface area contributed by atoms with Crippen LogP contribution in [0.2, 0.25) is 5.02 Å². The van der Waals surface area contributed by atoms with Gasteiger partial charge in [0, 0.05) is 23.7 Å². The van der Waals surface area contributed by atoms with Crippen molar-refractivity contribution in [2.75, 3.05) is 29.6 Å². The lowest BCUT2D eigenvalue weighted by Gasteiger charge is -2.17. The van der Waals surface area contributed by atoms with Gasteiger partial charge in [-0.05, 0) is 56.0 Å². The van der Waals surface area contributed by atoms with E-state index in [1.807, 2.05) is 6.26 Å². The largest absolute Gasteiger partial charge is 0.355 e. The van der Waals surface area contributed by atoms with Crippen LogP contribution in [0.15, 0.2) is 24.3 Å². The topological polar surface area (TPSA) is 104 Å². The van der Waals surface area contributed by atoms with Gasteiger partial charge in [0.1, 0.15) is 6.04 Å². The van der Waals surface area contributed by atoms with Gasteiger partial charge in [-0.25, -0.2) is 13.1 Å². The Balaban J connectivity index is 2.39. The van der Waals surface area contributed by atoms with Gasteiger partial charge in [-0.15, -0.1) is 0 Å². The molecule has 0 saturated carbocycles. The van der Waals surface area contributed by atoms with Crippen LogP contribution in [0.25, 0.3) is 0 Å². The van der Waals surface area contributed by atoms with Crippen LogP contribution in [0, 0.1) is 0 Å². The van der Waals surface area contributed by atoms with Gasteiger partial charge in [-0.1, -0.05) is 11.6 Å². The average molecular weight is 436 g/mol. The lowest BCUT2D eigenvalue weighted by Crippen LogP contribution is -2.47. The molecule has 2 amide bonds. The zero-order valence-corrected chi connectivity index (χ0v) is 17.8. The van der Waals surface area contributed by atoms with E-state index in [0.29, 0.717) is 29.3 Å².